The Morgan fingerprint density at radius 1 is 1.58 bits per heavy atom. The van der Waals surface area contributed by atoms with Crippen molar-refractivity contribution >= 4 is 5.97 Å². The van der Waals surface area contributed by atoms with E-state index in [1.807, 2.05) is 0 Å². The van der Waals surface area contributed by atoms with Gasteiger partial charge in [0.2, 0.25) is 0 Å². The first-order chi connectivity index (χ1) is 5.54. The highest BCUT2D eigenvalue weighted by Gasteiger charge is 1.84. The molecule has 0 saturated heterocycles. The Balaban J connectivity index is 0. The molecule has 0 rings (SSSR count). The Morgan fingerprint density at radius 2 is 2.08 bits per heavy atom. The summed E-state index contributed by atoms with van der Waals surface area (Å²) in [4.78, 5) is 9.82. The van der Waals surface area contributed by atoms with E-state index < -0.39 is 0 Å². The number of nitrogens with two attached hydrogens (primary N) is 1. The summed E-state index contributed by atoms with van der Waals surface area (Å²) >= 11 is 0. The lowest BCUT2D eigenvalue weighted by molar-refractivity contribution is -0.140. The first kappa shape index (κ1) is 13.9. The normalized spacial score (nSPS) is 8.83. The molecule has 0 bridgehead atoms. The molecule has 0 saturated carbocycles. The zero-order valence-electron chi connectivity index (χ0n) is 8.39. The standard InChI is InChI=1S/C4H12N2.C4H8O2/c1-4(2)3-6-5;1-3-6-4(2)5/h4,6H,3,5H2,1-2H3;3H2,1-2H3. The molecule has 0 fully saturated rings. The van der Waals surface area contributed by atoms with Crippen molar-refractivity contribution in [3.05, 3.63) is 0 Å². The third kappa shape index (κ3) is 22.8. The van der Waals surface area contributed by atoms with E-state index in [0.29, 0.717) is 12.5 Å². The van der Waals surface area contributed by atoms with Crippen molar-refractivity contribution in [2.24, 2.45) is 11.8 Å². The van der Waals surface area contributed by atoms with Gasteiger partial charge in [0.25, 0.3) is 0 Å². The van der Waals surface area contributed by atoms with E-state index in [9.17, 15) is 4.79 Å². The van der Waals surface area contributed by atoms with Crippen molar-refractivity contribution in [3.8, 4) is 0 Å². The zero-order valence-corrected chi connectivity index (χ0v) is 8.39. The Kier molecular flexibility index (Phi) is 12.1. The van der Waals surface area contributed by atoms with Crippen LogP contribution in [0.5, 0.6) is 0 Å². The number of rotatable bonds is 3. The predicted molar refractivity (Wildman–Crippen MR) is 49.3 cm³/mol. The molecule has 0 radical (unpaired) electrons. The van der Waals surface area contributed by atoms with Gasteiger partial charge >= 0.3 is 5.97 Å². The number of hydrazine groups is 1. The lowest BCUT2D eigenvalue weighted by Crippen LogP contribution is -2.26. The molecular weight excluding hydrogens is 156 g/mol. The number of hydrogen-bond acceptors (Lipinski definition) is 4. The summed E-state index contributed by atoms with van der Waals surface area (Å²) in [5.41, 5.74) is 2.57. The first-order valence-corrected chi connectivity index (χ1v) is 4.11. The molecular formula is C8H20N2O2. The minimum atomic E-state index is -0.211. The lowest BCUT2D eigenvalue weighted by Gasteiger charge is -1.98. The van der Waals surface area contributed by atoms with Crippen molar-refractivity contribution in [1.29, 1.82) is 0 Å². The third-order valence-electron chi connectivity index (χ3n) is 0.874. The highest BCUT2D eigenvalue weighted by atomic mass is 16.5. The lowest BCUT2D eigenvalue weighted by atomic mass is 10.2. The van der Waals surface area contributed by atoms with Crippen LogP contribution in [0.25, 0.3) is 0 Å². The minimum absolute atomic E-state index is 0.211. The SMILES string of the molecule is CC(C)CNN.CCOC(C)=O. The molecule has 0 aliphatic heterocycles. The van der Waals surface area contributed by atoms with Crippen molar-refractivity contribution in [2.45, 2.75) is 27.7 Å². The summed E-state index contributed by atoms with van der Waals surface area (Å²) in [5.74, 6) is 5.43. The van der Waals surface area contributed by atoms with Crippen LogP contribution in [0.1, 0.15) is 27.7 Å². The molecule has 0 spiro atoms. The van der Waals surface area contributed by atoms with Gasteiger partial charge in [-0.15, -0.1) is 0 Å². The van der Waals surface area contributed by atoms with E-state index >= 15 is 0 Å². The van der Waals surface area contributed by atoms with Crippen LogP contribution in [-0.2, 0) is 9.53 Å². The van der Waals surface area contributed by atoms with Crippen LogP contribution >= 0.6 is 0 Å². The van der Waals surface area contributed by atoms with E-state index in [0.717, 1.165) is 6.54 Å². The second-order valence-corrected chi connectivity index (χ2v) is 2.73. The van der Waals surface area contributed by atoms with Crippen molar-refractivity contribution in [1.82, 2.24) is 5.43 Å². The Morgan fingerprint density at radius 3 is 2.08 bits per heavy atom. The maximum atomic E-state index is 9.82. The van der Waals surface area contributed by atoms with Crippen LogP contribution in [0.2, 0.25) is 0 Å². The average Bonchev–Trinajstić information content (AvgIpc) is 1.87. The molecule has 4 nitrogen and oxygen atoms in total. The molecule has 3 N–H and O–H groups in total. The molecule has 0 aromatic carbocycles. The van der Waals surface area contributed by atoms with Crippen molar-refractivity contribution < 1.29 is 9.53 Å². The van der Waals surface area contributed by atoms with E-state index in [-0.39, 0.29) is 5.97 Å². The highest BCUT2D eigenvalue weighted by Crippen LogP contribution is 1.83. The Labute approximate surface area is 74.4 Å². The largest absolute Gasteiger partial charge is 0.466 e. The quantitative estimate of drug-likeness (QED) is 0.377. The predicted octanol–water partition coefficient (Wildman–Crippen LogP) is 0.675. The summed E-state index contributed by atoms with van der Waals surface area (Å²) in [5, 5.41) is 0. The van der Waals surface area contributed by atoms with Crippen molar-refractivity contribution in [3.63, 3.8) is 0 Å². The number of carbonyl (C=O) groups excluding carboxylic acids is 1. The Hall–Kier alpha value is -0.610. The monoisotopic (exact) mass is 176 g/mol. The van der Waals surface area contributed by atoms with Gasteiger partial charge in [-0.2, -0.15) is 0 Å². The smallest absolute Gasteiger partial charge is 0.302 e. The summed E-state index contributed by atoms with van der Waals surface area (Å²) in [6.07, 6.45) is 0. The van der Waals surface area contributed by atoms with Crippen LogP contribution in [0.4, 0.5) is 0 Å². The number of nitrogens with one attached hydrogen (secondary N) is 1. The molecule has 0 unspecified atom stereocenters. The number of ether oxygens (including phenoxy) is 1. The topological polar surface area (TPSA) is 64.3 Å². The highest BCUT2D eigenvalue weighted by molar-refractivity contribution is 5.65. The molecule has 74 valence electrons. The summed E-state index contributed by atoms with van der Waals surface area (Å²) in [7, 11) is 0. The second kappa shape index (κ2) is 10.4. The van der Waals surface area contributed by atoms with Gasteiger partial charge in [0.15, 0.2) is 0 Å². The van der Waals surface area contributed by atoms with Gasteiger partial charge < -0.3 is 4.74 Å². The fourth-order valence-electron chi connectivity index (χ4n) is 0.439. The molecule has 0 aliphatic carbocycles. The summed E-state index contributed by atoms with van der Waals surface area (Å²) in [6, 6.07) is 0. The second-order valence-electron chi connectivity index (χ2n) is 2.73. The van der Waals surface area contributed by atoms with Gasteiger partial charge in [0.05, 0.1) is 6.61 Å². The molecule has 0 aromatic heterocycles. The maximum Gasteiger partial charge on any atom is 0.302 e. The summed E-state index contributed by atoms with van der Waals surface area (Å²) in [6.45, 7) is 8.78. The Bertz CT molecular complexity index is 105. The number of carbonyl (C=O) groups is 1. The third-order valence-corrected chi connectivity index (χ3v) is 0.874. The molecule has 12 heavy (non-hydrogen) atoms. The number of hydrogen-bond donors (Lipinski definition) is 2. The molecule has 0 heterocycles. The maximum absolute atomic E-state index is 9.82. The van der Waals surface area contributed by atoms with Gasteiger partial charge in [-0.3, -0.25) is 16.1 Å². The average molecular weight is 176 g/mol. The molecule has 0 atom stereocenters. The van der Waals surface area contributed by atoms with Gasteiger partial charge in [-0.25, -0.2) is 0 Å². The zero-order chi connectivity index (χ0) is 9.98. The van der Waals surface area contributed by atoms with Gasteiger partial charge in [-0.05, 0) is 12.8 Å². The fourth-order valence-corrected chi connectivity index (χ4v) is 0.439. The first-order valence-electron chi connectivity index (χ1n) is 4.11. The van der Waals surface area contributed by atoms with Crippen molar-refractivity contribution in [2.75, 3.05) is 13.2 Å². The van der Waals surface area contributed by atoms with Crippen LogP contribution in [0.3, 0.4) is 0 Å². The fraction of sp³-hybridized carbons (Fsp3) is 0.875. The van der Waals surface area contributed by atoms with E-state index in [1.54, 1.807) is 6.92 Å². The minimum Gasteiger partial charge on any atom is -0.466 e. The summed E-state index contributed by atoms with van der Waals surface area (Å²) < 4.78 is 4.40. The van der Waals surface area contributed by atoms with Gasteiger partial charge in [0, 0.05) is 13.5 Å². The molecule has 4 heteroatoms. The van der Waals surface area contributed by atoms with Crippen LogP contribution in [0.15, 0.2) is 0 Å². The molecule has 0 aromatic rings. The van der Waals surface area contributed by atoms with Crippen LogP contribution < -0.4 is 11.3 Å². The van der Waals surface area contributed by atoms with Crippen LogP contribution in [-0.4, -0.2) is 19.1 Å². The van der Waals surface area contributed by atoms with E-state index in [4.69, 9.17) is 5.84 Å². The van der Waals surface area contributed by atoms with E-state index in [1.165, 1.54) is 6.92 Å². The van der Waals surface area contributed by atoms with Gasteiger partial charge in [0.1, 0.15) is 0 Å². The van der Waals surface area contributed by atoms with Crippen LogP contribution in [0, 0.1) is 5.92 Å². The van der Waals surface area contributed by atoms with E-state index in [2.05, 4.69) is 24.0 Å². The molecule has 0 amide bonds. The molecule has 0 aliphatic rings. The number of esters is 1. The van der Waals surface area contributed by atoms with Gasteiger partial charge in [-0.1, -0.05) is 13.8 Å².